The number of piperidine rings is 1. The largest absolute Gasteiger partial charge is 0.493 e. The molecule has 0 aromatic heterocycles. The summed E-state index contributed by atoms with van der Waals surface area (Å²) < 4.78 is 5.55. The fraction of sp³-hybridized carbons (Fsp3) is 0.647. The predicted octanol–water partition coefficient (Wildman–Crippen LogP) is 2.44. The summed E-state index contributed by atoms with van der Waals surface area (Å²) in [6, 6.07) is 6.62. The Kier molecular flexibility index (Phi) is 4.58. The zero-order valence-corrected chi connectivity index (χ0v) is 12.5. The highest BCUT2D eigenvalue weighted by Crippen LogP contribution is 2.25. The van der Waals surface area contributed by atoms with Gasteiger partial charge in [-0.25, -0.2) is 0 Å². The van der Waals surface area contributed by atoms with Gasteiger partial charge in [-0.3, -0.25) is 0 Å². The molecule has 0 atom stereocenters. The summed E-state index contributed by atoms with van der Waals surface area (Å²) >= 11 is 0. The smallest absolute Gasteiger partial charge is 0.122 e. The molecule has 1 saturated heterocycles. The zero-order chi connectivity index (χ0) is 13.8. The minimum atomic E-state index is 0.849. The molecule has 0 aliphatic carbocycles. The summed E-state index contributed by atoms with van der Waals surface area (Å²) in [5, 5.41) is 3.64. The fourth-order valence-electron chi connectivity index (χ4n) is 3.28. The van der Waals surface area contributed by atoms with Gasteiger partial charge < -0.3 is 15.0 Å². The Balaban J connectivity index is 1.42. The average Bonchev–Trinajstić information content (AvgIpc) is 2.95. The van der Waals surface area contributed by atoms with Crippen molar-refractivity contribution in [3.63, 3.8) is 0 Å². The summed E-state index contributed by atoms with van der Waals surface area (Å²) in [7, 11) is 0. The van der Waals surface area contributed by atoms with Gasteiger partial charge in [-0.1, -0.05) is 19.1 Å². The molecule has 1 fully saturated rings. The third kappa shape index (κ3) is 3.33. The van der Waals surface area contributed by atoms with E-state index in [1.807, 2.05) is 0 Å². The monoisotopic (exact) mass is 274 g/mol. The number of nitrogens with zero attached hydrogens (tertiary/aromatic N) is 1. The van der Waals surface area contributed by atoms with Gasteiger partial charge in [-0.2, -0.15) is 0 Å². The summed E-state index contributed by atoms with van der Waals surface area (Å²) in [6.07, 6.45) is 3.76. The quantitative estimate of drug-likeness (QED) is 0.892. The van der Waals surface area contributed by atoms with Crippen LogP contribution in [0, 0.1) is 5.92 Å². The van der Waals surface area contributed by atoms with Crippen LogP contribution >= 0.6 is 0 Å². The molecule has 3 rings (SSSR count). The summed E-state index contributed by atoms with van der Waals surface area (Å²) in [5.74, 6) is 1.94. The normalized spacial score (nSPS) is 19.9. The van der Waals surface area contributed by atoms with Gasteiger partial charge in [-0.05, 0) is 62.1 Å². The number of fused-ring (bicyclic) bond motifs is 1. The Hall–Kier alpha value is -1.06. The van der Waals surface area contributed by atoms with Crippen LogP contribution in [0.4, 0.5) is 0 Å². The minimum absolute atomic E-state index is 0.849. The number of nitrogens with one attached hydrogen (secondary N) is 1. The maximum absolute atomic E-state index is 5.55. The number of hydrogen-bond donors (Lipinski definition) is 1. The van der Waals surface area contributed by atoms with Crippen molar-refractivity contribution in [2.75, 3.05) is 32.8 Å². The molecule has 2 aliphatic heterocycles. The molecule has 1 aromatic rings. The predicted molar refractivity (Wildman–Crippen MR) is 82.2 cm³/mol. The maximum atomic E-state index is 5.55. The molecule has 0 bridgehead atoms. The van der Waals surface area contributed by atoms with Gasteiger partial charge in [0.2, 0.25) is 0 Å². The van der Waals surface area contributed by atoms with E-state index in [0.29, 0.717) is 0 Å². The molecule has 3 heteroatoms. The molecule has 1 aromatic carbocycles. The van der Waals surface area contributed by atoms with Crippen molar-refractivity contribution in [1.29, 1.82) is 0 Å². The first-order valence-corrected chi connectivity index (χ1v) is 8.03. The summed E-state index contributed by atoms with van der Waals surface area (Å²) in [6.45, 7) is 9.01. The highest BCUT2D eigenvalue weighted by atomic mass is 16.5. The number of benzene rings is 1. The first-order chi connectivity index (χ1) is 9.85. The van der Waals surface area contributed by atoms with Crippen molar-refractivity contribution in [2.45, 2.75) is 32.7 Å². The van der Waals surface area contributed by atoms with Gasteiger partial charge in [-0.15, -0.1) is 0 Å². The van der Waals surface area contributed by atoms with E-state index in [2.05, 4.69) is 35.3 Å². The second-order valence-corrected chi connectivity index (χ2v) is 6.05. The standard InChI is InChI=1S/C17H26N2O/c1-2-19-8-5-14(6-9-19)12-18-13-15-3-4-17-16(11-15)7-10-20-17/h3-4,11,14,18H,2,5-10,12-13H2,1H3. The second-order valence-electron chi connectivity index (χ2n) is 6.05. The van der Waals surface area contributed by atoms with Crippen molar-refractivity contribution >= 4 is 0 Å². The SMILES string of the molecule is CCN1CCC(CNCc2ccc3c(c2)CCO3)CC1. The Morgan fingerprint density at radius 1 is 1.30 bits per heavy atom. The molecule has 2 heterocycles. The van der Waals surface area contributed by atoms with E-state index in [1.165, 1.54) is 43.6 Å². The summed E-state index contributed by atoms with van der Waals surface area (Å²) in [5.41, 5.74) is 2.76. The van der Waals surface area contributed by atoms with Gasteiger partial charge in [0.1, 0.15) is 5.75 Å². The minimum Gasteiger partial charge on any atom is -0.493 e. The van der Waals surface area contributed by atoms with Crippen molar-refractivity contribution in [1.82, 2.24) is 10.2 Å². The molecule has 110 valence electrons. The molecular formula is C17H26N2O. The Labute approximate surface area is 122 Å². The van der Waals surface area contributed by atoms with Crippen LogP contribution < -0.4 is 10.1 Å². The molecule has 0 radical (unpaired) electrons. The lowest BCUT2D eigenvalue weighted by Gasteiger charge is -2.31. The van der Waals surface area contributed by atoms with Gasteiger partial charge in [0.05, 0.1) is 6.61 Å². The third-order valence-electron chi connectivity index (χ3n) is 4.67. The van der Waals surface area contributed by atoms with Crippen LogP contribution in [0.5, 0.6) is 5.75 Å². The van der Waals surface area contributed by atoms with E-state index in [9.17, 15) is 0 Å². The molecule has 20 heavy (non-hydrogen) atoms. The molecule has 1 N–H and O–H groups in total. The van der Waals surface area contributed by atoms with Crippen molar-refractivity contribution < 1.29 is 4.74 Å². The van der Waals surface area contributed by atoms with E-state index in [4.69, 9.17) is 4.74 Å². The highest BCUT2D eigenvalue weighted by molar-refractivity contribution is 5.39. The number of hydrogen-bond acceptors (Lipinski definition) is 3. The van der Waals surface area contributed by atoms with Crippen molar-refractivity contribution in [3.8, 4) is 5.75 Å². The van der Waals surface area contributed by atoms with Gasteiger partial charge >= 0.3 is 0 Å². The van der Waals surface area contributed by atoms with Crippen molar-refractivity contribution in [3.05, 3.63) is 29.3 Å². The number of ether oxygens (including phenoxy) is 1. The molecule has 0 unspecified atom stereocenters. The van der Waals surface area contributed by atoms with Crippen LogP contribution in [0.15, 0.2) is 18.2 Å². The van der Waals surface area contributed by atoms with Crippen LogP contribution in [0.2, 0.25) is 0 Å². The lowest BCUT2D eigenvalue weighted by atomic mass is 9.97. The molecule has 0 spiro atoms. The van der Waals surface area contributed by atoms with E-state index in [-0.39, 0.29) is 0 Å². The van der Waals surface area contributed by atoms with E-state index in [0.717, 1.165) is 37.8 Å². The first-order valence-electron chi connectivity index (χ1n) is 8.03. The van der Waals surface area contributed by atoms with E-state index >= 15 is 0 Å². The second kappa shape index (κ2) is 6.59. The van der Waals surface area contributed by atoms with Gasteiger partial charge in [0.15, 0.2) is 0 Å². The van der Waals surface area contributed by atoms with E-state index < -0.39 is 0 Å². The lowest BCUT2D eigenvalue weighted by Crippen LogP contribution is -2.36. The van der Waals surface area contributed by atoms with Gasteiger partial charge in [0.25, 0.3) is 0 Å². The first kappa shape index (κ1) is 13.9. The molecule has 2 aliphatic rings. The maximum Gasteiger partial charge on any atom is 0.122 e. The average molecular weight is 274 g/mol. The number of likely N-dealkylation sites (tertiary alicyclic amines) is 1. The van der Waals surface area contributed by atoms with Crippen LogP contribution in [-0.2, 0) is 13.0 Å². The highest BCUT2D eigenvalue weighted by Gasteiger charge is 2.17. The Morgan fingerprint density at radius 3 is 2.95 bits per heavy atom. The van der Waals surface area contributed by atoms with Crippen LogP contribution in [0.1, 0.15) is 30.9 Å². The molecule has 0 saturated carbocycles. The molecule has 0 amide bonds. The van der Waals surface area contributed by atoms with Crippen LogP contribution in [0.25, 0.3) is 0 Å². The van der Waals surface area contributed by atoms with Crippen LogP contribution in [-0.4, -0.2) is 37.7 Å². The lowest BCUT2D eigenvalue weighted by molar-refractivity contribution is 0.190. The molecular weight excluding hydrogens is 248 g/mol. The Bertz CT molecular complexity index is 439. The Morgan fingerprint density at radius 2 is 2.15 bits per heavy atom. The number of rotatable bonds is 5. The fourth-order valence-corrected chi connectivity index (χ4v) is 3.28. The third-order valence-corrected chi connectivity index (χ3v) is 4.67. The van der Waals surface area contributed by atoms with E-state index in [1.54, 1.807) is 0 Å². The van der Waals surface area contributed by atoms with Gasteiger partial charge in [0, 0.05) is 13.0 Å². The molecule has 3 nitrogen and oxygen atoms in total. The van der Waals surface area contributed by atoms with Crippen molar-refractivity contribution in [2.24, 2.45) is 5.92 Å². The summed E-state index contributed by atoms with van der Waals surface area (Å²) in [4.78, 5) is 2.55. The topological polar surface area (TPSA) is 24.5 Å². The zero-order valence-electron chi connectivity index (χ0n) is 12.5. The van der Waals surface area contributed by atoms with Crippen LogP contribution in [0.3, 0.4) is 0 Å².